The number of rotatable bonds is 1. The first-order valence-electron chi connectivity index (χ1n) is 4.96. The minimum Gasteiger partial charge on any atom is -0.480 e. The molecule has 1 aromatic rings. The van der Waals surface area contributed by atoms with Gasteiger partial charge in [-0.25, -0.2) is 4.79 Å². The van der Waals surface area contributed by atoms with Gasteiger partial charge in [0, 0.05) is 0 Å². The number of hydrogen-bond acceptors (Lipinski definition) is 3. The summed E-state index contributed by atoms with van der Waals surface area (Å²) in [6, 6.07) is 7.27. The molecule has 1 aromatic carbocycles. The van der Waals surface area contributed by atoms with E-state index in [2.05, 4.69) is 0 Å². The third-order valence-corrected chi connectivity index (χ3v) is 3.14. The van der Waals surface area contributed by atoms with Gasteiger partial charge in [-0.1, -0.05) is 24.3 Å². The third kappa shape index (κ3) is 1.27. The maximum atomic E-state index is 11.2. The van der Waals surface area contributed by atoms with Crippen LogP contribution in [0.2, 0.25) is 0 Å². The highest BCUT2D eigenvalue weighted by Gasteiger charge is 2.44. The number of benzene rings is 1. The van der Waals surface area contributed by atoms with E-state index in [1.54, 1.807) is 13.0 Å². The van der Waals surface area contributed by atoms with Gasteiger partial charge < -0.3 is 15.9 Å². The zero-order chi connectivity index (χ0) is 11.9. The van der Waals surface area contributed by atoms with Gasteiger partial charge >= 0.3 is 5.97 Å². The van der Waals surface area contributed by atoms with Crippen molar-refractivity contribution in [2.45, 2.75) is 18.6 Å². The molecule has 2 rings (SSSR count). The first-order valence-corrected chi connectivity index (χ1v) is 4.96. The van der Waals surface area contributed by atoms with Crippen LogP contribution in [0.4, 0.5) is 0 Å². The first-order chi connectivity index (χ1) is 7.48. The van der Waals surface area contributed by atoms with Crippen LogP contribution in [0.3, 0.4) is 0 Å². The molecule has 4 nitrogen and oxygen atoms in total. The monoisotopic (exact) mass is 219 g/mol. The van der Waals surface area contributed by atoms with E-state index in [1.807, 2.05) is 18.2 Å². The summed E-state index contributed by atoms with van der Waals surface area (Å²) in [5, 5.41) is 20.6. The number of carboxylic acids is 1. The topological polar surface area (TPSA) is 83.5 Å². The molecule has 1 aliphatic carbocycles. The molecule has 0 aliphatic heterocycles. The number of nitrogens with two attached hydrogens (primary N) is 1. The molecule has 84 valence electrons. The number of carbonyl (C=O) groups is 1. The Bertz CT molecular complexity index is 564. The second-order valence-corrected chi connectivity index (χ2v) is 4.00. The molecular weight excluding hydrogens is 206 g/mol. The van der Waals surface area contributed by atoms with E-state index in [4.69, 9.17) is 10.8 Å². The van der Waals surface area contributed by atoms with Crippen LogP contribution in [0.5, 0.6) is 0 Å². The SMILES string of the molecule is CC1=c2ccccc2=CC(O)C1(N)C(=O)O. The van der Waals surface area contributed by atoms with Crippen molar-refractivity contribution < 1.29 is 15.0 Å². The Hall–Kier alpha value is -1.65. The summed E-state index contributed by atoms with van der Waals surface area (Å²) in [5.41, 5.74) is 4.54. The van der Waals surface area contributed by atoms with Crippen LogP contribution in [-0.4, -0.2) is 27.8 Å². The highest BCUT2D eigenvalue weighted by atomic mass is 16.4. The molecule has 0 saturated carbocycles. The number of carboxylic acid groups (broad SMARTS) is 1. The molecule has 0 fully saturated rings. The van der Waals surface area contributed by atoms with Crippen molar-refractivity contribution in [2.75, 3.05) is 0 Å². The van der Waals surface area contributed by atoms with Gasteiger partial charge in [-0.3, -0.25) is 0 Å². The molecule has 2 unspecified atom stereocenters. The normalized spacial score (nSPS) is 28.2. The molecule has 16 heavy (non-hydrogen) atoms. The summed E-state index contributed by atoms with van der Waals surface area (Å²) >= 11 is 0. The Balaban J connectivity index is 2.85. The van der Waals surface area contributed by atoms with E-state index in [1.165, 1.54) is 6.08 Å². The quantitative estimate of drug-likeness (QED) is 0.553. The van der Waals surface area contributed by atoms with Gasteiger partial charge in [-0.2, -0.15) is 0 Å². The lowest BCUT2D eigenvalue weighted by Crippen LogP contribution is -2.61. The van der Waals surface area contributed by atoms with Gasteiger partial charge in [-0.05, 0) is 29.0 Å². The summed E-state index contributed by atoms with van der Waals surface area (Å²) in [4.78, 5) is 11.2. The maximum Gasteiger partial charge on any atom is 0.331 e. The lowest BCUT2D eigenvalue weighted by molar-refractivity contribution is -0.143. The molecule has 2 atom stereocenters. The van der Waals surface area contributed by atoms with Gasteiger partial charge in [0.15, 0.2) is 5.54 Å². The van der Waals surface area contributed by atoms with Gasteiger partial charge in [0.25, 0.3) is 0 Å². The van der Waals surface area contributed by atoms with Crippen molar-refractivity contribution in [2.24, 2.45) is 5.73 Å². The molecule has 0 heterocycles. The van der Waals surface area contributed by atoms with E-state index in [-0.39, 0.29) is 0 Å². The van der Waals surface area contributed by atoms with Gasteiger partial charge in [0.1, 0.15) is 6.10 Å². The average Bonchev–Trinajstić information content (AvgIpc) is 2.26. The predicted molar refractivity (Wildman–Crippen MR) is 59.8 cm³/mol. The molecule has 0 bridgehead atoms. The van der Waals surface area contributed by atoms with Crippen molar-refractivity contribution in [3.8, 4) is 0 Å². The molecule has 4 heteroatoms. The highest BCUT2D eigenvalue weighted by molar-refractivity contribution is 5.94. The Morgan fingerprint density at radius 1 is 1.44 bits per heavy atom. The number of aliphatic hydroxyl groups excluding tert-OH is 1. The van der Waals surface area contributed by atoms with Crippen LogP contribution in [0.25, 0.3) is 11.6 Å². The molecule has 1 aliphatic rings. The molecular formula is C12H13NO3. The number of fused-ring (bicyclic) bond motifs is 1. The number of hydrogen-bond donors (Lipinski definition) is 3. The summed E-state index contributed by atoms with van der Waals surface area (Å²) in [6.45, 7) is 1.64. The molecule has 4 N–H and O–H groups in total. The second-order valence-electron chi connectivity index (χ2n) is 4.00. The Kier molecular flexibility index (Phi) is 2.33. The van der Waals surface area contributed by atoms with E-state index in [9.17, 15) is 9.90 Å². The van der Waals surface area contributed by atoms with Crippen LogP contribution in [0.1, 0.15) is 6.92 Å². The van der Waals surface area contributed by atoms with E-state index in [0.29, 0.717) is 5.57 Å². The number of aliphatic hydroxyl groups is 1. The Morgan fingerprint density at radius 2 is 2.06 bits per heavy atom. The molecule has 0 saturated heterocycles. The lowest BCUT2D eigenvalue weighted by atomic mass is 9.81. The molecule has 0 radical (unpaired) electrons. The summed E-state index contributed by atoms with van der Waals surface area (Å²) in [5.74, 6) is -1.22. The minimum atomic E-state index is -1.73. The largest absolute Gasteiger partial charge is 0.480 e. The Morgan fingerprint density at radius 3 is 2.69 bits per heavy atom. The predicted octanol–water partition coefficient (Wildman–Crippen LogP) is -1.21. The zero-order valence-electron chi connectivity index (χ0n) is 8.84. The van der Waals surface area contributed by atoms with Gasteiger partial charge in [0.2, 0.25) is 0 Å². The third-order valence-electron chi connectivity index (χ3n) is 3.14. The summed E-state index contributed by atoms with van der Waals surface area (Å²) in [6.07, 6.45) is 0.274. The standard InChI is InChI=1S/C12H13NO3/c1-7-9-5-3-2-4-8(9)6-10(14)12(7,13)11(15)16/h2-6,10,14H,13H2,1H3,(H,15,16). The average molecular weight is 219 g/mol. The van der Waals surface area contributed by atoms with Crippen molar-refractivity contribution in [3.05, 3.63) is 34.7 Å². The van der Waals surface area contributed by atoms with Crippen molar-refractivity contribution in [1.29, 1.82) is 0 Å². The minimum absolute atomic E-state index is 0.477. The lowest BCUT2D eigenvalue weighted by Gasteiger charge is -2.31. The Labute approximate surface area is 92.3 Å². The summed E-state index contributed by atoms with van der Waals surface area (Å²) < 4.78 is 0. The van der Waals surface area contributed by atoms with Gasteiger partial charge in [-0.15, -0.1) is 0 Å². The zero-order valence-corrected chi connectivity index (χ0v) is 8.84. The van der Waals surface area contributed by atoms with Crippen LogP contribution in [0, 0.1) is 0 Å². The highest BCUT2D eigenvalue weighted by Crippen LogP contribution is 2.21. The van der Waals surface area contributed by atoms with E-state index < -0.39 is 17.6 Å². The van der Waals surface area contributed by atoms with E-state index >= 15 is 0 Å². The first kappa shape index (κ1) is 10.9. The molecule has 0 spiro atoms. The second kappa shape index (κ2) is 3.43. The smallest absolute Gasteiger partial charge is 0.331 e. The fourth-order valence-electron chi connectivity index (χ4n) is 2.02. The van der Waals surface area contributed by atoms with Crippen LogP contribution < -0.4 is 16.2 Å². The van der Waals surface area contributed by atoms with Crippen molar-refractivity contribution >= 4 is 17.6 Å². The molecule has 0 aromatic heterocycles. The molecule has 0 amide bonds. The van der Waals surface area contributed by atoms with Crippen LogP contribution in [0.15, 0.2) is 24.3 Å². The summed E-state index contributed by atoms with van der Waals surface area (Å²) in [7, 11) is 0. The fourth-order valence-corrected chi connectivity index (χ4v) is 2.02. The van der Waals surface area contributed by atoms with Crippen LogP contribution in [-0.2, 0) is 4.79 Å². The van der Waals surface area contributed by atoms with Gasteiger partial charge in [0.05, 0.1) is 0 Å². The fraction of sp³-hybridized carbons (Fsp3) is 0.250. The maximum absolute atomic E-state index is 11.2. The van der Waals surface area contributed by atoms with Crippen molar-refractivity contribution in [1.82, 2.24) is 0 Å². The van der Waals surface area contributed by atoms with Crippen molar-refractivity contribution in [3.63, 3.8) is 0 Å². The van der Waals surface area contributed by atoms with Crippen LogP contribution >= 0.6 is 0 Å². The van der Waals surface area contributed by atoms with E-state index in [0.717, 1.165) is 10.4 Å². The number of aliphatic carboxylic acids is 1.